The van der Waals surface area contributed by atoms with E-state index < -0.39 is 0 Å². The molecule has 0 aliphatic carbocycles. The van der Waals surface area contributed by atoms with Crippen molar-refractivity contribution in [1.82, 2.24) is 9.55 Å². The van der Waals surface area contributed by atoms with Crippen LogP contribution in [-0.2, 0) is 6.54 Å². The van der Waals surface area contributed by atoms with E-state index in [0.29, 0.717) is 11.8 Å². The van der Waals surface area contributed by atoms with Crippen molar-refractivity contribution in [2.45, 2.75) is 66.0 Å². The minimum atomic E-state index is -0.0679. The van der Waals surface area contributed by atoms with Gasteiger partial charge in [0.05, 0.1) is 11.4 Å². The van der Waals surface area contributed by atoms with Crippen LogP contribution in [0.15, 0.2) is 91.0 Å². The number of aromatic nitrogens is 2. The van der Waals surface area contributed by atoms with Crippen molar-refractivity contribution in [3.8, 4) is 22.5 Å². The fourth-order valence-electron chi connectivity index (χ4n) is 6.45. The smallest absolute Gasteiger partial charge is 0.137 e. The van der Waals surface area contributed by atoms with Crippen molar-refractivity contribution in [1.29, 1.82) is 0 Å². The molecule has 0 fully saturated rings. The van der Waals surface area contributed by atoms with Crippen molar-refractivity contribution < 1.29 is 0 Å². The Morgan fingerprint density at radius 1 is 0.750 bits per heavy atom. The predicted octanol–water partition coefficient (Wildman–Crippen LogP) is 9.64. The van der Waals surface area contributed by atoms with Crippen LogP contribution in [0.1, 0.15) is 84.8 Å². The molecular formula is C37H39N3. The van der Waals surface area contributed by atoms with E-state index in [1.54, 1.807) is 0 Å². The maximum atomic E-state index is 5.49. The van der Waals surface area contributed by atoms with Crippen molar-refractivity contribution in [3.63, 3.8) is 0 Å². The SMILES string of the molecule is Cc1cc(C)c2c(c1)Cn1c(nc(-c3ccccc3)c1-c1ccccc1)C2Nc1c(C(C)C)cccc1C(C)C. The molecule has 5 aromatic rings. The third-order valence-electron chi connectivity index (χ3n) is 8.25. The van der Waals surface area contributed by atoms with Crippen LogP contribution in [-0.4, -0.2) is 9.55 Å². The summed E-state index contributed by atoms with van der Waals surface area (Å²) >= 11 is 0. The molecule has 0 amide bonds. The van der Waals surface area contributed by atoms with Crippen LogP contribution in [0.3, 0.4) is 0 Å². The van der Waals surface area contributed by atoms with Crippen molar-refractivity contribution >= 4 is 5.69 Å². The Hall–Kier alpha value is -4.11. The van der Waals surface area contributed by atoms with Gasteiger partial charge in [-0.05, 0) is 53.5 Å². The van der Waals surface area contributed by atoms with Gasteiger partial charge in [-0.25, -0.2) is 4.98 Å². The first kappa shape index (κ1) is 26.1. The molecule has 1 atom stereocenters. The summed E-state index contributed by atoms with van der Waals surface area (Å²) in [6, 6.07) is 32.8. The second kappa shape index (κ2) is 10.5. The summed E-state index contributed by atoms with van der Waals surface area (Å²) in [4.78, 5) is 5.49. The zero-order chi connectivity index (χ0) is 28.0. The average molecular weight is 526 g/mol. The van der Waals surface area contributed by atoms with E-state index in [2.05, 4.69) is 142 Å². The number of fused-ring (bicyclic) bond motifs is 2. The second-order valence-corrected chi connectivity index (χ2v) is 11.8. The predicted molar refractivity (Wildman–Crippen MR) is 168 cm³/mol. The summed E-state index contributed by atoms with van der Waals surface area (Å²) in [7, 11) is 0. The number of nitrogens with zero attached hydrogens (tertiary/aromatic N) is 2. The van der Waals surface area contributed by atoms with Crippen LogP contribution in [0.2, 0.25) is 0 Å². The molecule has 1 N–H and O–H groups in total. The van der Waals surface area contributed by atoms with E-state index in [9.17, 15) is 0 Å². The zero-order valence-electron chi connectivity index (χ0n) is 24.5. The van der Waals surface area contributed by atoms with E-state index in [1.807, 2.05) is 0 Å². The number of aryl methyl sites for hydroxylation is 2. The number of benzene rings is 4. The fraction of sp³-hybridized carbons (Fsp3) is 0.270. The molecule has 0 bridgehead atoms. The van der Waals surface area contributed by atoms with Crippen LogP contribution >= 0.6 is 0 Å². The first-order chi connectivity index (χ1) is 19.3. The van der Waals surface area contributed by atoms with Crippen molar-refractivity contribution in [3.05, 3.63) is 130 Å². The van der Waals surface area contributed by atoms with Crippen LogP contribution < -0.4 is 5.32 Å². The minimum absolute atomic E-state index is 0.0679. The van der Waals surface area contributed by atoms with Gasteiger partial charge in [0.2, 0.25) is 0 Å². The van der Waals surface area contributed by atoms with Crippen LogP contribution in [0.25, 0.3) is 22.5 Å². The Morgan fingerprint density at radius 2 is 1.35 bits per heavy atom. The molecule has 1 aliphatic rings. The summed E-state index contributed by atoms with van der Waals surface area (Å²) in [5.41, 5.74) is 13.9. The molecule has 1 aliphatic heterocycles. The van der Waals surface area contributed by atoms with Crippen LogP contribution in [0.4, 0.5) is 5.69 Å². The standard InChI is InChI=1S/C37H39N3/c1-23(2)30-18-13-19-31(24(3)4)34(30)38-35-32-26(6)20-25(5)21-29(32)22-40-36(28-16-11-8-12-17-28)33(39-37(35)40)27-14-9-7-10-15-27/h7-21,23-24,35,38H,22H2,1-6H3. The molecule has 202 valence electrons. The molecule has 1 unspecified atom stereocenters. The lowest BCUT2D eigenvalue weighted by molar-refractivity contribution is 0.647. The average Bonchev–Trinajstić information content (AvgIpc) is 3.32. The molecular weight excluding hydrogens is 486 g/mol. The lowest BCUT2D eigenvalue weighted by Crippen LogP contribution is -2.27. The molecule has 0 radical (unpaired) electrons. The zero-order valence-corrected chi connectivity index (χ0v) is 24.5. The van der Waals surface area contributed by atoms with Gasteiger partial charge in [-0.1, -0.05) is 124 Å². The van der Waals surface area contributed by atoms with Gasteiger partial charge >= 0.3 is 0 Å². The number of nitrogens with one attached hydrogen (secondary N) is 1. The molecule has 2 heterocycles. The van der Waals surface area contributed by atoms with Gasteiger partial charge in [-0.15, -0.1) is 0 Å². The summed E-state index contributed by atoms with van der Waals surface area (Å²) in [6.07, 6.45) is 0. The molecule has 4 aromatic carbocycles. The Morgan fingerprint density at radius 3 is 1.95 bits per heavy atom. The Bertz CT molecular complexity index is 1630. The van der Waals surface area contributed by atoms with Crippen LogP contribution in [0, 0.1) is 13.8 Å². The molecule has 6 rings (SSSR count). The first-order valence-electron chi connectivity index (χ1n) is 14.5. The van der Waals surface area contributed by atoms with Gasteiger partial charge < -0.3 is 9.88 Å². The third-order valence-corrected chi connectivity index (χ3v) is 8.25. The van der Waals surface area contributed by atoms with Gasteiger partial charge in [-0.2, -0.15) is 0 Å². The summed E-state index contributed by atoms with van der Waals surface area (Å²) in [6.45, 7) is 14.4. The number of imidazole rings is 1. The Kier molecular flexibility index (Phi) is 6.83. The molecule has 3 nitrogen and oxygen atoms in total. The normalized spacial score (nSPS) is 14.3. The highest BCUT2D eigenvalue weighted by Crippen LogP contribution is 2.44. The fourth-order valence-corrected chi connectivity index (χ4v) is 6.45. The molecule has 0 saturated carbocycles. The Labute approximate surface area is 238 Å². The highest BCUT2D eigenvalue weighted by molar-refractivity contribution is 5.80. The minimum Gasteiger partial charge on any atom is -0.371 e. The van der Waals surface area contributed by atoms with Crippen LogP contribution in [0.5, 0.6) is 0 Å². The monoisotopic (exact) mass is 525 g/mol. The number of hydrogen-bond donors (Lipinski definition) is 1. The maximum Gasteiger partial charge on any atom is 0.137 e. The topological polar surface area (TPSA) is 29.9 Å². The van der Waals surface area contributed by atoms with E-state index in [1.165, 1.54) is 50.3 Å². The molecule has 0 spiro atoms. The summed E-state index contributed by atoms with van der Waals surface area (Å²) in [5.74, 6) is 1.89. The van der Waals surface area contributed by atoms with Gasteiger partial charge in [-0.3, -0.25) is 0 Å². The third kappa shape index (κ3) is 4.54. The van der Waals surface area contributed by atoms with Gasteiger partial charge in [0.1, 0.15) is 11.9 Å². The maximum absolute atomic E-state index is 5.49. The first-order valence-corrected chi connectivity index (χ1v) is 14.5. The van der Waals surface area contributed by atoms with E-state index in [0.717, 1.165) is 23.6 Å². The van der Waals surface area contributed by atoms with Crippen molar-refractivity contribution in [2.24, 2.45) is 0 Å². The lowest BCUT2D eigenvalue weighted by atomic mass is 9.88. The quantitative estimate of drug-likeness (QED) is 0.239. The molecule has 1 aromatic heterocycles. The molecule has 3 heteroatoms. The summed E-state index contributed by atoms with van der Waals surface area (Å²) in [5, 5.41) is 4.11. The Balaban J connectivity index is 1.64. The number of para-hydroxylation sites is 1. The molecule has 0 saturated heterocycles. The largest absolute Gasteiger partial charge is 0.371 e. The van der Waals surface area contributed by atoms with Gasteiger partial charge in [0.25, 0.3) is 0 Å². The second-order valence-electron chi connectivity index (χ2n) is 11.8. The van der Waals surface area contributed by atoms with Gasteiger partial charge in [0.15, 0.2) is 0 Å². The highest BCUT2D eigenvalue weighted by atomic mass is 15.2. The van der Waals surface area contributed by atoms with E-state index in [4.69, 9.17) is 4.98 Å². The molecule has 40 heavy (non-hydrogen) atoms. The number of rotatable bonds is 6. The van der Waals surface area contributed by atoms with Crippen molar-refractivity contribution in [2.75, 3.05) is 5.32 Å². The van der Waals surface area contributed by atoms with E-state index in [-0.39, 0.29) is 6.04 Å². The number of hydrogen-bond acceptors (Lipinski definition) is 2. The van der Waals surface area contributed by atoms with Gasteiger partial charge in [0, 0.05) is 23.4 Å². The highest BCUT2D eigenvalue weighted by Gasteiger charge is 2.34. The summed E-state index contributed by atoms with van der Waals surface area (Å²) < 4.78 is 2.46. The number of anilines is 1. The lowest BCUT2D eigenvalue weighted by Gasteiger charge is -2.33. The van der Waals surface area contributed by atoms with E-state index >= 15 is 0 Å².